The Balaban J connectivity index is 0.937. The molecular formula is C64H46N6. The van der Waals surface area contributed by atoms with E-state index in [0.717, 1.165) is 113 Å². The minimum Gasteiger partial charge on any atom is -0.309 e. The third-order valence-corrected chi connectivity index (χ3v) is 13.6. The van der Waals surface area contributed by atoms with Crippen molar-refractivity contribution in [2.45, 2.75) is 12.3 Å². The summed E-state index contributed by atoms with van der Waals surface area (Å²) >= 11 is 0. The fourth-order valence-corrected chi connectivity index (χ4v) is 10.1. The Kier molecular flexibility index (Phi) is 10.2. The van der Waals surface area contributed by atoms with Crippen LogP contribution in [0.3, 0.4) is 0 Å². The second-order valence-corrected chi connectivity index (χ2v) is 17.9. The summed E-state index contributed by atoms with van der Waals surface area (Å²) in [7, 11) is 0. The van der Waals surface area contributed by atoms with Gasteiger partial charge in [0.2, 0.25) is 0 Å². The van der Waals surface area contributed by atoms with Crippen LogP contribution in [-0.4, -0.2) is 28.7 Å². The first kappa shape index (κ1) is 41.0. The molecular weight excluding hydrogens is 853 g/mol. The molecule has 0 bridgehead atoms. The molecule has 6 heteroatoms. The first-order valence-corrected chi connectivity index (χ1v) is 23.9. The predicted octanol–water partition coefficient (Wildman–Crippen LogP) is 15.9. The zero-order valence-corrected chi connectivity index (χ0v) is 38.3. The van der Waals surface area contributed by atoms with Crippen LogP contribution in [0.2, 0.25) is 0 Å². The van der Waals surface area contributed by atoms with Gasteiger partial charge in [-0.3, -0.25) is 0 Å². The summed E-state index contributed by atoms with van der Waals surface area (Å²) < 4.78 is 8.99. The molecule has 0 spiro atoms. The Hall–Kier alpha value is -9.26. The topological polar surface area (TPSA) is 45.5 Å². The summed E-state index contributed by atoms with van der Waals surface area (Å²) in [5.41, 5.74) is 18.4. The monoisotopic (exact) mass is 898 g/mol. The predicted molar refractivity (Wildman–Crippen MR) is 287 cm³/mol. The van der Waals surface area contributed by atoms with Gasteiger partial charge in [0, 0.05) is 44.8 Å². The van der Waals surface area contributed by atoms with E-state index in [1.165, 1.54) is 0 Å². The highest BCUT2D eigenvalue weighted by Gasteiger charge is 2.21. The Bertz CT molecular complexity index is 3860. The van der Waals surface area contributed by atoms with Gasteiger partial charge >= 0.3 is 0 Å². The number of hydrogen-bond donors (Lipinski definition) is 0. The molecule has 0 N–H and O–H groups in total. The lowest BCUT2D eigenvalue weighted by atomic mass is 9.97. The summed E-state index contributed by atoms with van der Waals surface area (Å²) in [5.74, 6) is 0.241. The number of fused-ring (bicyclic) bond motifs is 2. The fourth-order valence-electron chi connectivity index (χ4n) is 10.1. The molecule has 0 aliphatic heterocycles. The molecule has 6 nitrogen and oxygen atoms in total. The van der Waals surface area contributed by atoms with Crippen molar-refractivity contribution in [3.05, 3.63) is 267 Å². The fraction of sp³-hybridized carbons (Fsp3) is 0.0312. The maximum Gasteiger partial charge on any atom is 0.0934 e. The van der Waals surface area contributed by atoms with Gasteiger partial charge in [-0.2, -0.15) is 10.2 Å². The highest BCUT2D eigenvalue weighted by molar-refractivity contribution is 6.02. The molecule has 4 heterocycles. The lowest BCUT2D eigenvalue weighted by Gasteiger charge is -2.14. The van der Waals surface area contributed by atoms with E-state index in [1.54, 1.807) is 0 Å². The van der Waals surface area contributed by atoms with Crippen molar-refractivity contribution in [2.75, 3.05) is 0 Å². The van der Waals surface area contributed by atoms with E-state index in [2.05, 4.69) is 273 Å². The van der Waals surface area contributed by atoms with E-state index in [-0.39, 0.29) is 5.92 Å². The average molecular weight is 899 g/mol. The molecule has 0 saturated carbocycles. The van der Waals surface area contributed by atoms with Crippen LogP contribution >= 0.6 is 0 Å². The first-order chi connectivity index (χ1) is 34.7. The third kappa shape index (κ3) is 7.39. The maximum absolute atomic E-state index is 5.25. The third-order valence-electron chi connectivity index (χ3n) is 13.6. The molecule has 8 aromatic carbocycles. The van der Waals surface area contributed by atoms with Gasteiger partial charge in [0.1, 0.15) is 0 Å². The van der Waals surface area contributed by atoms with Gasteiger partial charge in [-0.05, 0) is 102 Å². The van der Waals surface area contributed by atoms with Crippen molar-refractivity contribution in [3.63, 3.8) is 0 Å². The molecule has 0 saturated heterocycles. The minimum absolute atomic E-state index is 0.241. The standard InChI is InChI=1S/C64H46N6/c1-7-19-45(20-8-1)57-43-63(49-27-15-5-16-28-49)69(65-57)55-35-31-53(32-36-55)67-59(47-23-11-3-12-24-47)39-51-42-62-52(41-61(51)67)40-60(48-25-13-4-14-26-48)68(62)54-33-37-56(38-34-54)70-64(50-29-17-6-18-30-50)44-58(66-70)46-21-9-2-10-22-46/h1-21,23-44,46H,22H2. The largest absolute Gasteiger partial charge is 0.309 e. The van der Waals surface area contributed by atoms with E-state index < -0.39 is 0 Å². The zero-order chi connectivity index (χ0) is 46.4. The van der Waals surface area contributed by atoms with Crippen LogP contribution in [0.1, 0.15) is 18.0 Å². The van der Waals surface area contributed by atoms with Crippen LogP contribution in [0.5, 0.6) is 0 Å². The molecule has 12 aromatic rings. The molecule has 1 atom stereocenters. The zero-order valence-electron chi connectivity index (χ0n) is 38.3. The highest BCUT2D eigenvalue weighted by Crippen LogP contribution is 2.40. The molecule has 332 valence electrons. The van der Waals surface area contributed by atoms with E-state index >= 15 is 0 Å². The highest BCUT2D eigenvalue weighted by atomic mass is 15.3. The van der Waals surface area contributed by atoms with E-state index in [1.807, 2.05) is 6.07 Å². The van der Waals surface area contributed by atoms with Crippen LogP contribution < -0.4 is 0 Å². The Morgan fingerprint density at radius 2 is 0.743 bits per heavy atom. The Labute approximate surface area is 406 Å². The summed E-state index contributed by atoms with van der Waals surface area (Å²) in [5, 5.41) is 12.7. The smallest absolute Gasteiger partial charge is 0.0934 e. The number of nitrogens with zero attached hydrogens (tertiary/aromatic N) is 6. The quantitative estimate of drug-likeness (QED) is 0.137. The van der Waals surface area contributed by atoms with E-state index in [9.17, 15) is 0 Å². The molecule has 0 amide bonds. The second kappa shape index (κ2) is 17.4. The molecule has 1 aliphatic carbocycles. The van der Waals surface area contributed by atoms with Gasteiger partial charge in [0.15, 0.2) is 0 Å². The molecule has 1 aliphatic rings. The van der Waals surface area contributed by atoms with Crippen molar-refractivity contribution in [1.29, 1.82) is 0 Å². The van der Waals surface area contributed by atoms with Crippen LogP contribution in [0.15, 0.2) is 261 Å². The number of rotatable bonds is 10. The molecule has 70 heavy (non-hydrogen) atoms. The summed E-state index contributed by atoms with van der Waals surface area (Å²) in [4.78, 5) is 0. The summed E-state index contributed by atoms with van der Waals surface area (Å²) in [6.45, 7) is 0. The Morgan fingerprint density at radius 3 is 1.19 bits per heavy atom. The second-order valence-electron chi connectivity index (χ2n) is 17.9. The number of hydrogen-bond acceptors (Lipinski definition) is 2. The molecule has 4 aromatic heterocycles. The molecule has 0 fully saturated rings. The van der Waals surface area contributed by atoms with E-state index in [4.69, 9.17) is 10.2 Å². The average Bonchev–Trinajstić information content (AvgIpc) is 4.26. The summed E-state index contributed by atoms with van der Waals surface area (Å²) in [6, 6.07) is 84.5. The van der Waals surface area contributed by atoms with Crippen molar-refractivity contribution in [3.8, 4) is 79.0 Å². The molecule has 13 rings (SSSR count). The normalized spacial score (nSPS) is 13.4. The van der Waals surface area contributed by atoms with E-state index in [0.29, 0.717) is 0 Å². The van der Waals surface area contributed by atoms with Gasteiger partial charge in [0.25, 0.3) is 0 Å². The number of benzene rings is 8. The van der Waals surface area contributed by atoms with Gasteiger partial charge in [-0.15, -0.1) is 0 Å². The van der Waals surface area contributed by atoms with Crippen molar-refractivity contribution < 1.29 is 0 Å². The lowest BCUT2D eigenvalue weighted by Crippen LogP contribution is -2.03. The SMILES string of the molecule is C1=CCC(c2cc(-c3ccccc3)n(-c3ccc(-n4c(-c5ccccc5)cc5cc6c(cc(-c7ccccc7)n6-c6ccc(-n7nc(-c8ccccc8)cc7-c7ccccc7)cc6)cc54)cc3)n2)C=C1. The van der Waals surface area contributed by atoms with Gasteiger partial charge in [0.05, 0.1) is 56.6 Å². The van der Waals surface area contributed by atoms with Crippen molar-refractivity contribution in [2.24, 2.45) is 0 Å². The first-order valence-electron chi connectivity index (χ1n) is 23.9. The van der Waals surface area contributed by atoms with Crippen LogP contribution in [0.4, 0.5) is 0 Å². The minimum atomic E-state index is 0.241. The number of allylic oxidation sites excluding steroid dienone is 4. The van der Waals surface area contributed by atoms with Crippen LogP contribution in [-0.2, 0) is 0 Å². The van der Waals surface area contributed by atoms with Gasteiger partial charge in [-0.25, -0.2) is 9.36 Å². The van der Waals surface area contributed by atoms with Gasteiger partial charge in [-0.1, -0.05) is 176 Å². The maximum atomic E-state index is 5.25. The summed E-state index contributed by atoms with van der Waals surface area (Å²) in [6.07, 6.45) is 9.66. The number of aromatic nitrogens is 6. The Morgan fingerprint density at radius 1 is 0.343 bits per heavy atom. The van der Waals surface area contributed by atoms with Crippen molar-refractivity contribution >= 4 is 21.8 Å². The van der Waals surface area contributed by atoms with Crippen LogP contribution in [0.25, 0.3) is 101 Å². The molecule has 1 unspecified atom stereocenters. The molecule has 0 radical (unpaired) electrons. The van der Waals surface area contributed by atoms with Gasteiger partial charge < -0.3 is 9.13 Å². The van der Waals surface area contributed by atoms with Crippen molar-refractivity contribution in [1.82, 2.24) is 28.7 Å². The lowest BCUT2D eigenvalue weighted by molar-refractivity contribution is 0.768. The van der Waals surface area contributed by atoms with Crippen LogP contribution in [0, 0.1) is 0 Å².